The number of fused-ring (bicyclic) bond motifs is 1. The molecule has 0 radical (unpaired) electrons. The van der Waals surface area contributed by atoms with Gasteiger partial charge in [0.2, 0.25) is 5.71 Å². The van der Waals surface area contributed by atoms with Crippen LogP contribution in [0.4, 0.5) is 11.5 Å². The minimum Gasteiger partial charge on any atom is -0.442 e. The lowest BCUT2D eigenvalue weighted by molar-refractivity contribution is 0.0992. The first-order valence-electron chi connectivity index (χ1n) is 8.98. The number of furan rings is 1. The number of para-hydroxylation sites is 1. The van der Waals surface area contributed by atoms with Crippen LogP contribution in [0, 0.1) is 13.8 Å². The van der Waals surface area contributed by atoms with Gasteiger partial charge in [-0.15, -0.1) is 0 Å². The van der Waals surface area contributed by atoms with Crippen LogP contribution in [0.15, 0.2) is 35.0 Å². The molecule has 0 aliphatic carbocycles. The number of hydrogen-bond acceptors (Lipinski definition) is 6. The Kier molecular flexibility index (Phi) is 4.53. The van der Waals surface area contributed by atoms with Crippen LogP contribution in [0.5, 0.6) is 0 Å². The molecule has 0 unspecified atom stereocenters. The first kappa shape index (κ1) is 17.5. The zero-order valence-electron chi connectivity index (χ0n) is 15.7. The van der Waals surface area contributed by atoms with Crippen molar-refractivity contribution < 1.29 is 13.9 Å². The Hall–Kier alpha value is -2.93. The lowest BCUT2D eigenvalue weighted by atomic mass is 10.1. The van der Waals surface area contributed by atoms with Crippen molar-refractivity contribution in [3.63, 3.8) is 0 Å². The van der Waals surface area contributed by atoms with Crippen molar-refractivity contribution in [3.05, 3.63) is 47.5 Å². The van der Waals surface area contributed by atoms with Gasteiger partial charge in [-0.25, -0.2) is 9.97 Å². The molecular weight excluding hydrogens is 344 g/mol. The molecule has 1 saturated heterocycles. The maximum absolute atomic E-state index is 13.4. The van der Waals surface area contributed by atoms with Crippen LogP contribution < -0.4 is 9.80 Å². The normalized spacial score (nSPS) is 14.6. The third kappa shape index (κ3) is 3.04. The van der Waals surface area contributed by atoms with Crippen molar-refractivity contribution in [1.29, 1.82) is 0 Å². The predicted octanol–water partition coefficient (Wildman–Crippen LogP) is 2.95. The van der Waals surface area contributed by atoms with Crippen LogP contribution in [0.1, 0.15) is 21.7 Å². The highest BCUT2D eigenvalue weighted by Crippen LogP contribution is 2.33. The number of carbonyl (C=O) groups excluding carboxylic acids is 1. The first-order valence-corrected chi connectivity index (χ1v) is 8.98. The minimum atomic E-state index is -0.134. The fraction of sp³-hybridized carbons (Fsp3) is 0.350. The number of aryl methyl sites for hydroxylation is 2. The molecule has 7 nitrogen and oxygen atoms in total. The predicted molar refractivity (Wildman–Crippen MR) is 103 cm³/mol. The summed E-state index contributed by atoms with van der Waals surface area (Å²) >= 11 is 0. The van der Waals surface area contributed by atoms with E-state index in [9.17, 15) is 4.79 Å². The van der Waals surface area contributed by atoms with Crippen LogP contribution >= 0.6 is 0 Å². The van der Waals surface area contributed by atoms with Gasteiger partial charge in [0.05, 0.1) is 24.2 Å². The van der Waals surface area contributed by atoms with E-state index in [0.29, 0.717) is 35.6 Å². The van der Waals surface area contributed by atoms with E-state index in [1.54, 1.807) is 18.9 Å². The quantitative estimate of drug-likeness (QED) is 0.710. The smallest absolute Gasteiger partial charge is 0.262 e. The van der Waals surface area contributed by atoms with Crippen LogP contribution in [-0.4, -0.2) is 49.2 Å². The van der Waals surface area contributed by atoms with E-state index in [4.69, 9.17) is 9.15 Å². The molecule has 0 bridgehead atoms. The Labute approximate surface area is 157 Å². The van der Waals surface area contributed by atoms with Crippen molar-refractivity contribution in [2.24, 2.45) is 0 Å². The van der Waals surface area contributed by atoms with Crippen LogP contribution in [0.2, 0.25) is 0 Å². The van der Waals surface area contributed by atoms with Gasteiger partial charge < -0.3 is 19.0 Å². The van der Waals surface area contributed by atoms with Crippen molar-refractivity contribution in [1.82, 2.24) is 9.97 Å². The second-order valence-electron chi connectivity index (χ2n) is 6.66. The summed E-state index contributed by atoms with van der Waals surface area (Å²) in [6.45, 7) is 6.49. The number of morpholine rings is 1. The van der Waals surface area contributed by atoms with E-state index in [1.807, 2.05) is 31.2 Å². The van der Waals surface area contributed by atoms with Crippen LogP contribution in [0.3, 0.4) is 0 Å². The van der Waals surface area contributed by atoms with Crippen LogP contribution in [-0.2, 0) is 4.74 Å². The lowest BCUT2D eigenvalue weighted by Crippen LogP contribution is -2.37. The second kappa shape index (κ2) is 7.00. The molecular formula is C20H22N4O3. The summed E-state index contributed by atoms with van der Waals surface area (Å²) in [5.74, 6) is 1.14. The van der Waals surface area contributed by atoms with Gasteiger partial charge in [0.15, 0.2) is 0 Å². The van der Waals surface area contributed by atoms with Crippen molar-refractivity contribution >= 4 is 28.5 Å². The Morgan fingerprint density at radius 2 is 1.89 bits per heavy atom. The highest BCUT2D eigenvalue weighted by molar-refractivity contribution is 6.16. The maximum atomic E-state index is 13.4. The number of rotatable bonds is 3. The molecule has 0 atom stereocenters. The largest absolute Gasteiger partial charge is 0.442 e. The van der Waals surface area contributed by atoms with Gasteiger partial charge in [-0.2, -0.15) is 0 Å². The average Bonchev–Trinajstić information content (AvgIpc) is 3.03. The second-order valence-corrected chi connectivity index (χ2v) is 6.66. The first-order chi connectivity index (χ1) is 13.1. The molecule has 3 aromatic rings. The summed E-state index contributed by atoms with van der Waals surface area (Å²) in [6, 6.07) is 7.81. The third-order valence-electron chi connectivity index (χ3n) is 4.95. The Balaban J connectivity index is 1.82. The highest BCUT2D eigenvalue weighted by atomic mass is 16.5. The molecule has 1 aromatic carbocycles. The fourth-order valence-corrected chi connectivity index (χ4v) is 3.52. The fourth-order valence-electron chi connectivity index (χ4n) is 3.52. The number of carbonyl (C=O) groups is 1. The van der Waals surface area contributed by atoms with E-state index < -0.39 is 0 Å². The van der Waals surface area contributed by atoms with E-state index in [-0.39, 0.29) is 5.91 Å². The third-order valence-corrected chi connectivity index (χ3v) is 4.95. The summed E-state index contributed by atoms with van der Waals surface area (Å²) in [5, 5.41) is 0.669. The van der Waals surface area contributed by atoms with Gasteiger partial charge in [0, 0.05) is 25.8 Å². The van der Waals surface area contributed by atoms with E-state index in [1.165, 1.54) is 6.33 Å². The van der Waals surface area contributed by atoms with Gasteiger partial charge in [-0.3, -0.25) is 4.79 Å². The molecule has 1 amide bonds. The number of benzene rings is 1. The van der Waals surface area contributed by atoms with Crippen LogP contribution in [0.25, 0.3) is 11.1 Å². The molecule has 4 rings (SSSR count). The molecule has 1 aliphatic heterocycles. The van der Waals surface area contributed by atoms with E-state index in [2.05, 4.69) is 14.9 Å². The van der Waals surface area contributed by atoms with Gasteiger partial charge >= 0.3 is 0 Å². The molecule has 27 heavy (non-hydrogen) atoms. The Bertz CT molecular complexity index is 992. The lowest BCUT2D eigenvalue weighted by Gasteiger charge is -2.28. The van der Waals surface area contributed by atoms with Gasteiger partial charge in [0.1, 0.15) is 17.9 Å². The van der Waals surface area contributed by atoms with Crippen molar-refractivity contribution in [2.45, 2.75) is 13.8 Å². The maximum Gasteiger partial charge on any atom is 0.262 e. The molecule has 3 heterocycles. The van der Waals surface area contributed by atoms with Crippen molar-refractivity contribution in [2.75, 3.05) is 43.2 Å². The minimum absolute atomic E-state index is 0.134. The molecule has 0 N–H and O–H groups in total. The number of amides is 1. The van der Waals surface area contributed by atoms with E-state index >= 15 is 0 Å². The average molecular weight is 366 g/mol. The summed E-state index contributed by atoms with van der Waals surface area (Å²) in [6.07, 6.45) is 1.48. The SMILES string of the molecule is Cc1ccccc1N(C)C(=O)c1c(C)oc2ncnc(N3CCOCC3)c12. The number of aromatic nitrogens is 2. The summed E-state index contributed by atoms with van der Waals surface area (Å²) in [5.41, 5.74) is 2.84. The van der Waals surface area contributed by atoms with Gasteiger partial charge in [-0.05, 0) is 25.5 Å². The van der Waals surface area contributed by atoms with Gasteiger partial charge in [0.25, 0.3) is 5.91 Å². The number of hydrogen-bond donors (Lipinski definition) is 0. The zero-order valence-corrected chi connectivity index (χ0v) is 15.7. The highest BCUT2D eigenvalue weighted by Gasteiger charge is 2.28. The van der Waals surface area contributed by atoms with Gasteiger partial charge in [-0.1, -0.05) is 18.2 Å². The number of anilines is 2. The Morgan fingerprint density at radius 3 is 2.63 bits per heavy atom. The molecule has 140 valence electrons. The molecule has 2 aromatic heterocycles. The summed E-state index contributed by atoms with van der Waals surface area (Å²) in [4.78, 5) is 25.9. The standard InChI is InChI=1S/C20H22N4O3/c1-13-6-4-5-7-15(13)23(3)20(25)16-14(2)27-19-17(16)18(21-12-22-19)24-8-10-26-11-9-24/h4-7,12H,8-11H2,1-3H3. The monoisotopic (exact) mass is 366 g/mol. The molecule has 0 spiro atoms. The van der Waals surface area contributed by atoms with Crippen molar-refractivity contribution in [3.8, 4) is 0 Å². The topological polar surface area (TPSA) is 71.7 Å². The molecule has 1 aliphatic rings. The summed E-state index contributed by atoms with van der Waals surface area (Å²) < 4.78 is 11.3. The van der Waals surface area contributed by atoms with E-state index in [0.717, 1.165) is 30.2 Å². The number of ether oxygens (including phenoxy) is 1. The Morgan fingerprint density at radius 1 is 1.15 bits per heavy atom. The zero-order chi connectivity index (χ0) is 19.0. The molecule has 7 heteroatoms. The molecule has 0 saturated carbocycles. The molecule has 1 fully saturated rings. The summed E-state index contributed by atoms with van der Waals surface area (Å²) in [7, 11) is 1.78. The number of nitrogens with zero attached hydrogens (tertiary/aromatic N) is 4.